The van der Waals surface area contributed by atoms with E-state index in [9.17, 15) is 4.21 Å². The molecule has 0 fully saturated rings. The normalized spacial score (nSPS) is 12.3. The summed E-state index contributed by atoms with van der Waals surface area (Å²) in [6.07, 6.45) is 2.07. The first-order valence-electron chi connectivity index (χ1n) is 6.11. The molecule has 5 nitrogen and oxygen atoms in total. The van der Waals surface area contributed by atoms with Crippen molar-refractivity contribution in [2.24, 2.45) is 0 Å². The van der Waals surface area contributed by atoms with Gasteiger partial charge in [-0.3, -0.25) is 9.31 Å². The Bertz CT molecular complexity index is 535. The number of para-hydroxylation sites is 1. The van der Waals surface area contributed by atoms with Crippen molar-refractivity contribution < 1.29 is 8.95 Å². The highest BCUT2D eigenvalue weighted by atomic mass is 32.2. The molecular formula is C13H17N3O2S. The lowest BCUT2D eigenvalue weighted by Gasteiger charge is -2.11. The van der Waals surface area contributed by atoms with E-state index in [1.807, 2.05) is 32.0 Å². The minimum absolute atomic E-state index is 0.423. The highest BCUT2D eigenvalue weighted by Crippen LogP contribution is 2.22. The Kier molecular flexibility index (Phi) is 4.68. The van der Waals surface area contributed by atoms with Crippen molar-refractivity contribution in [3.05, 3.63) is 35.7 Å². The summed E-state index contributed by atoms with van der Waals surface area (Å²) in [6, 6.07) is 6.06. The fraction of sp³-hybridized carbons (Fsp3) is 0.385. The van der Waals surface area contributed by atoms with Crippen LogP contribution in [0.2, 0.25) is 0 Å². The fourth-order valence-corrected chi connectivity index (χ4v) is 2.68. The largest absolute Gasteiger partial charge is 0.493 e. The van der Waals surface area contributed by atoms with E-state index in [0.717, 1.165) is 16.9 Å². The van der Waals surface area contributed by atoms with E-state index in [2.05, 4.69) is 15.2 Å². The number of aromatic nitrogens is 3. The molecule has 2 aromatic rings. The lowest BCUT2D eigenvalue weighted by atomic mass is 10.1. The van der Waals surface area contributed by atoms with E-state index in [-0.39, 0.29) is 0 Å². The zero-order chi connectivity index (χ0) is 13.7. The molecule has 1 N–H and O–H groups in total. The standard InChI is InChI=1S/C13H17N3O2S/c1-10-5-3-6-11(2)12(10)18-7-4-8-19(17)13-14-9-15-16-13/h3,5-6,9H,4,7-8H2,1-2H3,(H,14,15,16). The van der Waals surface area contributed by atoms with Crippen LogP contribution in [0.25, 0.3) is 0 Å². The zero-order valence-corrected chi connectivity index (χ0v) is 11.9. The van der Waals surface area contributed by atoms with Gasteiger partial charge in [-0.1, -0.05) is 18.2 Å². The first-order chi connectivity index (χ1) is 9.18. The minimum atomic E-state index is -1.13. The third kappa shape index (κ3) is 3.64. The Balaban J connectivity index is 1.80. The van der Waals surface area contributed by atoms with Crippen LogP contribution in [-0.4, -0.2) is 31.7 Å². The Morgan fingerprint density at radius 2 is 2.05 bits per heavy atom. The number of ether oxygens (including phenoxy) is 1. The molecule has 0 aliphatic carbocycles. The summed E-state index contributed by atoms with van der Waals surface area (Å²) in [5.74, 6) is 1.44. The van der Waals surface area contributed by atoms with Crippen molar-refractivity contribution in [1.82, 2.24) is 15.2 Å². The highest BCUT2D eigenvalue weighted by molar-refractivity contribution is 7.84. The molecule has 0 saturated heterocycles. The van der Waals surface area contributed by atoms with Crippen LogP contribution in [0.3, 0.4) is 0 Å². The molecule has 102 valence electrons. The topological polar surface area (TPSA) is 67.9 Å². The van der Waals surface area contributed by atoms with Gasteiger partial charge in [0.25, 0.3) is 0 Å². The third-order valence-corrected chi connectivity index (χ3v) is 4.03. The summed E-state index contributed by atoms with van der Waals surface area (Å²) in [6.45, 7) is 4.59. The van der Waals surface area contributed by atoms with Crippen LogP contribution in [-0.2, 0) is 10.8 Å². The molecule has 0 saturated carbocycles. The van der Waals surface area contributed by atoms with Gasteiger partial charge in [0.05, 0.1) is 17.4 Å². The van der Waals surface area contributed by atoms with Crippen molar-refractivity contribution in [3.63, 3.8) is 0 Å². The lowest BCUT2D eigenvalue weighted by Crippen LogP contribution is -2.07. The number of nitrogens with one attached hydrogen (secondary N) is 1. The molecule has 0 aliphatic rings. The zero-order valence-electron chi connectivity index (χ0n) is 11.0. The molecule has 0 spiro atoms. The van der Waals surface area contributed by atoms with E-state index in [1.54, 1.807) is 0 Å². The summed E-state index contributed by atoms with van der Waals surface area (Å²) >= 11 is 0. The summed E-state index contributed by atoms with van der Waals surface area (Å²) < 4.78 is 17.5. The molecule has 0 bridgehead atoms. The average Bonchev–Trinajstić information content (AvgIpc) is 2.91. The molecule has 1 atom stereocenters. The van der Waals surface area contributed by atoms with Crippen molar-refractivity contribution in [3.8, 4) is 5.75 Å². The van der Waals surface area contributed by atoms with E-state index < -0.39 is 10.8 Å². The van der Waals surface area contributed by atoms with Gasteiger partial charge in [0.1, 0.15) is 12.1 Å². The van der Waals surface area contributed by atoms with Crippen molar-refractivity contribution >= 4 is 10.8 Å². The molecule has 2 rings (SSSR count). The van der Waals surface area contributed by atoms with Gasteiger partial charge in [-0.2, -0.15) is 5.10 Å². The SMILES string of the molecule is Cc1cccc(C)c1OCCCS(=O)c1ncn[nH]1. The van der Waals surface area contributed by atoms with Gasteiger partial charge >= 0.3 is 0 Å². The van der Waals surface area contributed by atoms with Crippen molar-refractivity contribution in [2.75, 3.05) is 12.4 Å². The van der Waals surface area contributed by atoms with Crippen LogP contribution in [0.1, 0.15) is 17.5 Å². The number of hydrogen-bond donors (Lipinski definition) is 1. The Morgan fingerprint density at radius 3 is 2.68 bits per heavy atom. The van der Waals surface area contributed by atoms with Gasteiger partial charge in [-0.25, -0.2) is 4.98 Å². The van der Waals surface area contributed by atoms with Gasteiger partial charge in [-0.15, -0.1) is 0 Å². The summed E-state index contributed by atoms with van der Waals surface area (Å²) in [5, 5.41) is 6.72. The van der Waals surface area contributed by atoms with Crippen molar-refractivity contribution in [1.29, 1.82) is 0 Å². The number of rotatable bonds is 6. The molecule has 0 radical (unpaired) electrons. The molecule has 0 aliphatic heterocycles. The molecular weight excluding hydrogens is 262 g/mol. The van der Waals surface area contributed by atoms with Gasteiger partial charge in [-0.05, 0) is 31.4 Å². The van der Waals surface area contributed by atoms with Crippen LogP contribution in [0, 0.1) is 13.8 Å². The van der Waals surface area contributed by atoms with Crippen LogP contribution < -0.4 is 4.74 Å². The lowest BCUT2D eigenvalue weighted by molar-refractivity contribution is 0.314. The summed E-state index contributed by atoms with van der Waals surface area (Å²) in [5.41, 5.74) is 2.24. The second-order valence-corrected chi connectivity index (χ2v) is 5.75. The summed E-state index contributed by atoms with van der Waals surface area (Å²) in [7, 11) is -1.13. The van der Waals surface area contributed by atoms with E-state index in [4.69, 9.17) is 4.74 Å². The predicted molar refractivity (Wildman–Crippen MR) is 73.7 cm³/mol. The third-order valence-electron chi connectivity index (χ3n) is 2.74. The van der Waals surface area contributed by atoms with Crippen LogP contribution in [0.15, 0.2) is 29.7 Å². The maximum absolute atomic E-state index is 11.8. The Hall–Kier alpha value is -1.69. The Morgan fingerprint density at radius 1 is 1.32 bits per heavy atom. The number of aromatic amines is 1. The number of hydrogen-bond acceptors (Lipinski definition) is 4. The molecule has 1 unspecified atom stereocenters. The number of nitrogens with zero attached hydrogens (tertiary/aromatic N) is 2. The summed E-state index contributed by atoms with van der Waals surface area (Å²) in [4.78, 5) is 3.87. The molecule has 1 aromatic carbocycles. The van der Waals surface area contributed by atoms with Crippen LogP contribution >= 0.6 is 0 Å². The predicted octanol–water partition coefficient (Wildman–Crippen LogP) is 2.00. The number of aryl methyl sites for hydroxylation is 2. The van der Waals surface area contributed by atoms with Gasteiger partial charge in [0.15, 0.2) is 0 Å². The van der Waals surface area contributed by atoms with Crippen LogP contribution in [0.5, 0.6) is 5.75 Å². The molecule has 0 amide bonds. The average molecular weight is 279 g/mol. The van der Waals surface area contributed by atoms with E-state index >= 15 is 0 Å². The second-order valence-electron chi connectivity index (χ2n) is 4.26. The second kappa shape index (κ2) is 6.47. The molecule has 19 heavy (non-hydrogen) atoms. The molecule has 6 heteroatoms. The smallest absolute Gasteiger partial charge is 0.214 e. The van der Waals surface area contributed by atoms with Crippen molar-refractivity contribution in [2.45, 2.75) is 25.4 Å². The number of benzene rings is 1. The quantitative estimate of drug-likeness (QED) is 0.821. The van der Waals surface area contributed by atoms with E-state index in [1.165, 1.54) is 6.33 Å². The molecule has 1 heterocycles. The van der Waals surface area contributed by atoms with E-state index in [0.29, 0.717) is 23.9 Å². The monoisotopic (exact) mass is 279 g/mol. The minimum Gasteiger partial charge on any atom is -0.493 e. The molecule has 1 aromatic heterocycles. The first kappa shape index (κ1) is 13.7. The van der Waals surface area contributed by atoms with Gasteiger partial charge in [0.2, 0.25) is 5.16 Å². The maximum atomic E-state index is 11.8. The highest BCUT2D eigenvalue weighted by Gasteiger charge is 2.07. The first-order valence-corrected chi connectivity index (χ1v) is 7.43. The fourth-order valence-electron chi connectivity index (χ4n) is 1.79. The Labute approximate surface area is 114 Å². The van der Waals surface area contributed by atoms with Gasteiger partial charge < -0.3 is 4.74 Å². The maximum Gasteiger partial charge on any atom is 0.214 e. The van der Waals surface area contributed by atoms with Gasteiger partial charge in [0, 0.05) is 5.75 Å². The van der Waals surface area contributed by atoms with Crippen LogP contribution in [0.4, 0.5) is 0 Å². The number of H-pyrrole nitrogens is 1.